The molecule has 26 heavy (non-hydrogen) atoms. The Morgan fingerprint density at radius 1 is 1.08 bits per heavy atom. The van der Waals surface area contributed by atoms with Gasteiger partial charge >= 0.3 is 0 Å². The van der Waals surface area contributed by atoms with Crippen LogP contribution < -0.4 is 5.56 Å². The molecule has 0 aliphatic carbocycles. The number of fused-ring (bicyclic) bond motifs is 1. The Labute approximate surface area is 156 Å². The molecule has 0 radical (unpaired) electrons. The van der Waals surface area contributed by atoms with Crippen LogP contribution in [0.1, 0.15) is 45.4 Å². The molecule has 0 amide bonds. The van der Waals surface area contributed by atoms with Crippen molar-refractivity contribution >= 4 is 22.7 Å². The smallest absolute Gasteiger partial charge is 0.262 e. The third kappa shape index (κ3) is 4.12. The second-order valence-electron chi connectivity index (χ2n) is 6.18. The van der Waals surface area contributed by atoms with Crippen molar-refractivity contribution in [2.75, 3.05) is 0 Å². The van der Waals surface area contributed by atoms with Gasteiger partial charge in [0, 0.05) is 13.1 Å². The van der Waals surface area contributed by atoms with E-state index in [2.05, 4.69) is 29.4 Å². The number of rotatable bonds is 9. The van der Waals surface area contributed by atoms with Gasteiger partial charge in [0.05, 0.1) is 16.7 Å². The largest absolute Gasteiger partial charge is 0.287 e. The Bertz CT molecular complexity index is 919. The number of aryl methyl sites for hydroxylation is 1. The predicted octanol–water partition coefficient (Wildman–Crippen LogP) is 3.28. The fourth-order valence-electron chi connectivity index (χ4n) is 2.71. The highest BCUT2D eigenvalue weighted by molar-refractivity contribution is 7.98. The SMILES string of the molecule is CCCCn1nnnc1CSc1nc2ccccc2c(=O)n1CCCC. The molecule has 0 saturated heterocycles. The van der Waals surface area contributed by atoms with Crippen molar-refractivity contribution in [3.8, 4) is 0 Å². The molecule has 0 aliphatic heterocycles. The maximum Gasteiger partial charge on any atom is 0.262 e. The summed E-state index contributed by atoms with van der Waals surface area (Å²) >= 11 is 1.52. The highest BCUT2D eigenvalue weighted by Crippen LogP contribution is 2.21. The van der Waals surface area contributed by atoms with Gasteiger partial charge in [0.2, 0.25) is 0 Å². The Morgan fingerprint density at radius 3 is 2.65 bits per heavy atom. The molecule has 0 saturated carbocycles. The van der Waals surface area contributed by atoms with Gasteiger partial charge in [-0.2, -0.15) is 0 Å². The number of hydrogen-bond donors (Lipinski definition) is 0. The van der Waals surface area contributed by atoms with Crippen LogP contribution in [0.4, 0.5) is 0 Å². The maximum atomic E-state index is 12.9. The zero-order valence-electron chi connectivity index (χ0n) is 15.3. The number of aromatic nitrogens is 6. The van der Waals surface area contributed by atoms with Crippen molar-refractivity contribution in [3.63, 3.8) is 0 Å². The molecule has 138 valence electrons. The second-order valence-corrected chi connectivity index (χ2v) is 7.12. The van der Waals surface area contributed by atoms with Crippen molar-refractivity contribution in [1.29, 1.82) is 0 Å². The Balaban J connectivity index is 1.89. The Hall–Kier alpha value is -2.22. The minimum atomic E-state index is 0.0251. The Morgan fingerprint density at radius 2 is 1.85 bits per heavy atom. The summed E-state index contributed by atoms with van der Waals surface area (Å²) in [6.45, 7) is 5.75. The van der Waals surface area contributed by atoms with Crippen LogP contribution in [0.5, 0.6) is 0 Å². The van der Waals surface area contributed by atoms with Crippen LogP contribution >= 0.6 is 11.8 Å². The number of hydrogen-bond acceptors (Lipinski definition) is 6. The van der Waals surface area contributed by atoms with Crippen molar-refractivity contribution in [1.82, 2.24) is 29.8 Å². The maximum absolute atomic E-state index is 12.9. The van der Waals surface area contributed by atoms with E-state index < -0.39 is 0 Å². The monoisotopic (exact) mass is 372 g/mol. The minimum Gasteiger partial charge on any atom is -0.287 e. The molecule has 0 spiro atoms. The molecular weight excluding hydrogens is 348 g/mol. The van der Waals surface area contributed by atoms with Gasteiger partial charge in [0.15, 0.2) is 11.0 Å². The highest BCUT2D eigenvalue weighted by atomic mass is 32.2. The molecule has 0 fully saturated rings. The molecule has 0 bridgehead atoms. The predicted molar refractivity (Wildman–Crippen MR) is 103 cm³/mol. The molecule has 0 atom stereocenters. The molecule has 8 heteroatoms. The molecular formula is C18H24N6OS. The zero-order chi connectivity index (χ0) is 18.4. The van der Waals surface area contributed by atoms with Gasteiger partial charge in [0.25, 0.3) is 5.56 Å². The molecule has 0 N–H and O–H groups in total. The summed E-state index contributed by atoms with van der Waals surface area (Å²) in [7, 11) is 0. The summed E-state index contributed by atoms with van der Waals surface area (Å²) in [6.07, 6.45) is 4.10. The van der Waals surface area contributed by atoms with E-state index in [0.717, 1.165) is 48.7 Å². The van der Waals surface area contributed by atoms with Crippen LogP contribution in [-0.4, -0.2) is 29.8 Å². The molecule has 2 aromatic heterocycles. The van der Waals surface area contributed by atoms with E-state index in [1.54, 1.807) is 4.57 Å². The normalized spacial score (nSPS) is 11.3. The van der Waals surface area contributed by atoms with Crippen LogP contribution in [0, 0.1) is 0 Å². The van der Waals surface area contributed by atoms with Gasteiger partial charge in [-0.15, -0.1) is 5.10 Å². The minimum absolute atomic E-state index is 0.0251. The summed E-state index contributed by atoms with van der Waals surface area (Å²) in [5.41, 5.74) is 0.760. The van der Waals surface area contributed by atoms with E-state index in [4.69, 9.17) is 4.98 Å². The highest BCUT2D eigenvalue weighted by Gasteiger charge is 2.13. The van der Waals surface area contributed by atoms with Gasteiger partial charge in [-0.25, -0.2) is 9.67 Å². The number of para-hydroxylation sites is 1. The van der Waals surface area contributed by atoms with Crippen LogP contribution in [0.3, 0.4) is 0 Å². The van der Waals surface area contributed by atoms with Crippen molar-refractivity contribution < 1.29 is 0 Å². The Kier molecular flexibility index (Phi) is 6.38. The molecule has 3 aromatic rings. The van der Waals surface area contributed by atoms with Crippen molar-refractivity contribution in [2.24, 2.45) is 0 Å². The summed E-state index contributed by atoms with van der Waals surface area (Å²) in [4.78, 5) is 17.6. The van der Waals surface area contributed by atoms with E-state index in [1.165, 1.54) is 11.8 Å². The standard InChI is InChI=1S/C18H24N6OS/c1-3-5-11-23-17(25)14-9-7-8-10-15(14)19-18(23)26-13-16-20-21-22-24(16)12-6-4-2/h7-10H,3-6,11-13H2,1-2H3. The lowest BCUT2D eigenvalue weighted by Crippen LogP contribution is -2.23. The molecule has 1 aromatic carbocycles. The van der Waals surface area contributed by atoms with E-state index in [1.807, 2.05) is 28.9 Å². The summed E-state index contributed by atoms with van der Waals surface area (Å²) < 4.78 is 3.63. The summed E-state index contributed by atoms with van der Waals surface area (Å²) in [6, 6.07) is 7.51. The van der Waals surface area contributed by atoms with E-state index in [9.17, 15) is 4.79 Å². The second kappa shape index (κ2) is 8.93. The van der Waals surface area contributed by atoms with Crippen LogP contribution in [0.25, 0.3) is 10.9 Å². The fraction of sp³-hybridized carbons (Fsp3) is 0.500. The van der Waals surface area contributed by atoms with E-state index in [-0.39, 0.29) is 5.56 Å². The average molecular weight is 372 g/mol. The van der Waals surface area contributed by atoms with Gasteiger partial charge < -0.3 is 0 Å². The number of thioether (sulfide) groups is 1. The molecule has 0 aliphatic rings. The number of benzene rings is 1. The third-order valence-electron chi connectivity index (χ3n) is 4.22. The van der Waals surface area contributed by atoms with Gasteiger partial charge in [-0.1, -0.05) is 50.6 Å². The third-order valence-corrected chi connectivity index (χ3v) is 5.19. The van der Waals surface area contributed by atoms with Gasteiger partial charge in [-0.05, 0) is 35.4 Å². The summed E-state index contributed by atoms with van der Waals surface area (Å²) in [5, 5.41) is 13.4. The molecule has 2 heterocycles. The first-order valence-electron chi connectivity index (χ1n) is 9.12. The first kappa shape index (κ1) is 18.6. The van der Waals surface area contributed by atoms with Crippen LogP contribution in [-0.2, 0) is 18.8 Å². The summed E-state index contributed by atoms with van der Waals surface area (Å²) in [5.74, 6) is 1.40. The first-order chi connectivity index (χ1) is 12.7. The zero-order valence-corrected chi connectivity index (χ0v) is 16.1. The lowest BCUT2D eigenvalue weighted by molar-refractivity contribution is 0.539. The molecule has 7 nitrogen and oxygen atoms in total. The lowest BCUT2D eigenvalue weighted by atomic mass is 10.2. The van der Waals surface area contributed by atoms with Crippen LogP contribution in [0.2, 0.25) is 0 Å². The lowest BCUT2D eigenvalue weighted by Gasteiger charge is -2.12. The fourth-order valence-corrected chi connectivity index (χ4v) is 3.67. The van der Waals surface area contributed by atoms with Crippen LogP contribution in [0.15, 0.2) is 34.2 Å². The number of unbranched alkanes of at least 4 members (excludes halogenated alkanes) is 2. The van der Waals surface area contributed by atoms with Crippen molar-refractivity contribution in [2.45, 2.75) is 63.5 Å². The van der Waals surface area contributed by atoms with Gasteiger partial charge in [-0.3, -0.25) is 9.36 Å². The quantitative estimate of drug-likeness (QED) is 0.424. The first-order valence-corrected chi connectivity index (χ1v) is 10.1. The average Bonchev–Trinajstić information content (AvgIpc) is 3.11. The number of nitrogens with zero attached hydrogens (tertiary/aromatic N) is 6. The number of tetrazole rings is 1. The van der Waals surface area contributed by atoms with Crippen molar-refractivity contribution in [3.05, 3.63) is 40.4 Å². The molecule has 0 unspecified atom stereocenters. The van der Waals surface area contributed by atoms with E-state index in [0.29, 0.717) is 17.7 Å². The molecule has 3 rings (SSSR count). The van der Waals surface area contributed by atoms with E-state index >= 15 is 0 Å². The topological polar surface area (TPSA) is 78.5 Å². The van der Waals surface area contributed by atoms with Gasteiger partial charge in [0.1, 0.15) is 0 Å².